The lowest BCUT2D eigenvalue weighted by molar-refractivity contribution is -0.146. The summed E-state index contributed by atoms with van der Waals surface area (Å²) in [5.41, 5.74) is 0. The molecule has 0 aromatic rings. The molecule has 0 aromatic carbocycles. The normalized spacial score (nSPS) is 27.3. The van der Waals surface area contributed by atoms with Crippen molar-refractivity contribution in [1.82, 2.24) is 10.2 Å². The number of carbonyl (C=O) groups is 2. The van der Waals surface area contributed by atoms with Crippen LogP contribution in [0.3, 0.4) is 0 Å². The van der Waals surface area contributed by atoms with Gasteiger partial charge in [-0.25, -0.2) is 0 Å². The lowest BCUT2D eigenvalue weighted by Gasteiger charge is -2.38. The van der Waals surface area contributed by atoms with Crippen LogP contribution in [0.1, 0.15) is 51.9 Å². The smallest absolute Gasteiger partial charge is 0.306 e. The highest BCUT2D eigenvalue weighted by Crippen LogP contribution is 2.31. The minimum Gasteiger partial charge on any atom is -0.481 e. The number of rotatable bonds is 5. The molecule has 21 heavy (non-hydrogen) atoms. The predicted molar refractivity (Wildman–Crippen MR) is 81.0 cm³/mol. The van der Waals surface area contributed by atoms with Crippen molar-refractivity contribution >= 4 is 11.9 Å². The van der Waals surface area contributed by atoms with Crippen molar-refractivity contribution in [2.24, 2.45) is 11.8 Å². The molecule has 0 spiro atoms. The van der Waals surface area contributed by atoms with Gasteiger partial charge in [-0.2, -0.15) is 0 Å². The second-order valence-electron chi connectivity index (χ2n) is 6.41. The molecule has 0 radical (unpaired) electrons. The van der Waals surface area contributed by atoms with E-state index in [2.05, 4.69) is 17.1 Å². The zero-order chi connectivity index (χ0) is 15.2. The second kappa shape index (κ2) is 7.78. The van der Waals surface area contributed by atoms with Gasteiger partial charge in [0.15, 0.2) is 0 Å². The molecule has 2 rings (SSSR count). The van der Waals surface area contributed by atoms with E-state index in [0.29, 0.717) is 12.5 Å². The Morgan fingerprint density at radius 1 is 1.14 bits per heavy atom. The number of piperidine rings is 1. The maximum Gasteiger partial charge on any atom is 0.306 e. The van der Waals surface area contributed by atoms with Crippen LogP contribution in [0, 0.1) is 11.8 Å². The monoisotopic (exact) mass is 296 g/mol. The molecular weight excluding hydrogens is 268 g/mol. The first-order valence-electron chi connectivity index (χ1n) is 8.37. The Kier molecular flexibility index (Phi) is 6.03. The summed E-state index contributed by atoms with van der Waals surface area (Å²) in [7, 11) is 0. The fourth-order valence-electron chi connectivity index (χ4n) is 3.70. The van der Waals surface area contributed by atoms with E-state index in [1.54, 1.807) is 0 Å². The molecule has 1 saturated carbocycles. The van der Waals surface area contributed by atoms with Crippen LogP contribution in [-0.4, -0.2) is 47.6 Å². The van der Waals surface area contributed by atoms with Crippen LogP contribution in [0.15, 0.2) is 0 Å². The molecule has 2 aliphatic rings. The standard InChI is InChI=1S/C16H28N2O3/c1-2-10-18(14-6-8-17-9-7-14)15(19)12-4-3-5-13(11-12)16(20)21/h12-14,17H,2-11H2,1H3,(H,20,21). The summed E-state index contributed by atoms with van der Waals surface area (Å²) in [5, 5.41) is 12.5. The molecule has 0 bridgehead atoms. The molecule has 5 heteroatoms. The molecule has 2 atom stereocenters. The van der Waals surface area contributed by atoms with Crippen molar-refractivity contribution in [3.05, 3.63) is 0 Å². The molecule has 1 aliphatic carbocycles. The fraction of sp³-hybridized carbons (Fsp3) is 0.875. The summed E-state index contributed by atoms with van der Waals surface area (Å²) in [6, 6.07) is 0.337. The number of aliphatic carboxylic acids is 1. The van der Waals surface area contributed by atoms with Crippen molar-refractivity contribution in [3.63, 3.8) is 0 Å². The number of carboxylic acids is 1. The minimum atomic E-state index is -0.739. The number of carbonyl (C=O) groups excluding carboxylic acids is 1. The van der Waals surface area contributed by atoms with Crippen molar-refractivity contribution < 1.29 is 14.7 Å². The van der Waals surface area contributed by atoms with Crippen LogP contribution >= 0.6 is 0 Å². The van der Waals surface area contributed by atoms with E-state index in [4.69, 9.17) is 0 Å². The first-order chi connectivity index (χ1) is 10.1. The van der Waals surface area contributed by atoms with Crippen LogP contribution in [0.4, 0.5) is 0 Å². The van der Waals surface area contributed by atoms with Gasteiger partial charge < -0.3 is 15.3 Å². The van der Waals surface area contributed by atoms with Crippen molar-refractivity contribution in [1.29, 1.82) is 0 Å². The maximum absolute atomic E-state index is 12.9. The van der Waals surface area contributed by atoms with Gasteiger partial charge in [0.1, 0.15) is 0 Å². The van der Waals surface area contributed by atoms with E-state index in [1.165, 1.54) is 0 Å². The molecule has 5 nitrogen and oxygen atoms in total. The molecule has 2 fully saturated rings. The Balaban J connectivity index is 2.01. The number of hydrogen-bond acceptors (Lipinski definition) is 3. The van der Waals surface area contributed by atoms with E-state index in [1.807, 2.05) is 0 Å². The van der Waals surface area contributed by atoms with Gasteiger partial charge in [-0.05, 0) is 51.6 Å². The van der Waals surface area contributed by atoms with Gasteiger partial charge in [-0.1, -0.05) is 13.3 Å². The number of nitrogens with zero attached hydrogens (tertiary/aromatic N) is 1. The van der Waals surface area contributed by atoms with Crippen molar-refractivity contribution in [3.8, 4) is 0 Å². The molecule has 1 heterocycles. The van der Waals surface area contributed by atoms with Crippen LogP contribution < -0.4 is 5.32 Å². The molecule has 2 unspecified atom stereocenters. The zero-order valence-corrected chi connectivity index (χ0v) is 13.0. The highest BCUT2D eigenvalue weighted by molar-refractivity contribution is 5.80. The lowest BCUT2D eigenvalue weighted by Crippen LogP contribution is -2.49. The van der Waals surface area contributed by atoms with Gasteiger partial charge in [0.2, 0.25) is 5.91 Å². The van der Waals surface area contributed by atoms with E-state index >= 15 is 0 Å². The number of amides is 1. The van der Waals surface area contributed by atoms with Crippen LogP contribution in [0.5, 0.6) is 0 Å². The van der Waals surface area contributed by atoms with Gasteiger partial charge in [-0.15, -0.1) is 0 Å². The van der Waals surface area contributed by atoms with Crippen LogP contribution in [0.25, 0.3) is 0 Å². The third-order valence-electron chi connectivity index (χ3n) is 4.87. The molecule has 1 amide bonds. The molecule has 1 aliphatic heterocycles. The highest BCUT2D eigenvalue weighted by atomic mass is 16.4. The Labute approximate surface area is 127 Å². The Hall–Kier alpha value is -1.10. The zero-order valence-electron chi connectivity index (χ0n) is 13.0. The van der Waals surface area contributed by atoms with E-state index in [-0.39, 0.29) is 17.7 Å². The second-order valence-corrected chi connectivity index (χ2v) is 6.41. The number of hydrogen-bond donors (Lipinski definition) is 2. The number of carboxylic acid groups (broad SMARTS) is 1. The van der Waals surface area contributed by atoms with Gasteiger partial charge in [0.05, 0.1) is 5.92 Å². The molecule has 0 aromatic heterocycles. The maximum atomic E-state index is 12.9. The Morgan fingerprint density at radius 3 is 2.43 bits per heavy atom. The largest absolute Gasteiger partial charge is 0.481 e. The summed E-state index contributed by atoms with van der Waals surface area (Å²) < 4.78 is 0. The molecule has 120 valence electrons. The average molecular weight is 296 g/mol. The summed E-state index contributed by atoms with van der Waals surface area (Å²) in [6.45, 7) is 4.85. The number of nitrogens with one attached hydrogen (secondary N) is 1. The first-order valence-corrected chi connectivity index (χ1v) is 8.37. The Bertz CT molecular complexity index is 367. The van der Waals surface area contributed by atoms with Gasteiger partial charge in [0.25, 0.3) is 0 Å². The SMILES string of the molecule is CCCN(C(=O)C1CCCC(C(=O)O)C1)C1CCNCC1. The van der Waals surface area contributed by atoms with Gasteiger partial charge in [0, 0.05) is 18.5 Å². The Morgan fingerprint density at radius 2 is 1.81 bits per heavy atom. The molecular formula is C16H28N2O3. The van der Waals surface area contributed by atoms with Gasteiger partial charge in [-0.3, -0.25) is 9.59 Å². The topological polar surface area (TPSA) is 69.6 Å². The first kappa shape index (κ1) is 16.3. The van der Waals surface area contributed by atoms with Crippen molar-refractivity contribution in [2.75, 3.05) is 19.6 Å². The average Bonchev–Trinajstić information content (AvgIpc) is 2.53. The van der Waals surface area contributed by atoms with E-state index < -0.39 is 5.97 Å². The minimum absolute atomic E-state index is 0.0821. The fourth-order valence-corrected chi connectivity index (χ4v) is 3.70. The van der Waals surface area contributed by atoms with Crippen LogP contribution in [0.2, 0.25) is 0 Å². The molecule has 2 N–H and O–H groups in total. The third kappa shape index (κ3) is 4.19. The summed E-state index contributed by atoms with van der Waals surface area (Å²) in [5.74, 6) is -0.948. The lowest BCUT2D eigenvalue weighted by atomic mass is 9.80. The summed E-state index contributed by atoms with van der Waals surface area (Å²) >= 11 is 0. The highest BCUT2D eigenvalue weighted by Gasteiger charge is 2.35. The van der Waals surface area contributed by atoms with Gasteiger partial charge >= 0.3 is 5.97 Å². The van der Waals surface area contributed by atoms with Crippen LogP contribution in [-0.2, 0) is 9.59 Å². The van der Waals surface area contributed by atoms with Crippen molar-refractivity contribution in [2.45, 2.75) is 57.9 Å². The van der Waals surface area contributed by atoms with E-state index in [0.717, 1.165) is 58.2 Å². The summed E-state index contributed by atoms with van der Waals surface area (Å²) in [6.07, 6.45) is 5.96. The predicted octanol–water partition coefficient (Wildman–Crippen LogP) is 1.87. The third-order valence-corrected chi connectivity index (χ3v) is 4.87. The molecule has 1 saturated heterocycles. The summed E-state index contributed by atoms with van der Waals surface area (Å²) in [4.78, 5) is 26.1. The quantitative estimate of drug-likeness (QED) is 0.812. The van der Waals surface area contributed by atoms with E-state index in [9.17, 15) is 14.7 Å².